The summed E-state index contributed by atoms with van der Waals surface area (Å²) in [4.78, 5) is 12.0. The predicted octanol–water partition coefficient (Wildman–Crippen LogP) is 3.21. The van der Waals surface area contributed by atoms with E-state index in [4.69, 9.17) is 11.6 Å². The molecule has 2 rings (SSSR count). The Morgan fingerprint density at radius 1 is 1.22 bits per heavy atom. The lowest BCUT2D eigenvalue weighted by atomic mass is 10.0. The molecule has 0 saturated carbocycles. The monoisotopic (exact) mass is 337 g/mol. The number of carbonyl (C=O) groups excluding carboxylic acids is 1. The molecule has 0 aliphatic rings. The molecule has 3 N–H and O–H groups in total. The van der Waals surface area contributed by atoms with E-state index in [2.05, 4.69) is 5.32 Å². The summed E-state index contributed by atoms with van der Waals surface area (Å²) >= 11 is 5.87. The van der Waals surface area contributed by atoms with Crippen molar-refractivity contribution in [1.82, 2.24) is 0 Å². The predicted molar refractivity (Wildman–Crippen MR) is 86.8 cm³/mol. The molecule has 4 nitrogen and oxygen atoms in total. The lowest BCUT2D eigenvalue weighted by molar-refractivity contribution is -0.125. The second-order valence-corrected chi connectivity index (χ2v) is 5.70. The minimum atomic E-state index is -1.41. The summed E-state index contributed by atoms with van der Waals surface area (Å²) < 4.78 is 12.8. The molecule has 0 fully saturated rings. The van der Waals surface area contributed by atoms with Gasteiger partial charge in [0.05, 0.1) is 6.10 Å². The average Bonchev–Trinajstić information content (AvgIpc) is 2.51. The highest BCUT2D eigenvalue weighted by atomic mass is 35.5. The summed E-state index contributed by atoms with van der Waals surface area (Å²) in [7, 11) is 0. The molecule has 0 unspecified atom stereocenters. The fourth-order valence-corrected chi connectivity index (χ4v) is 2.26. The molecule has 2 atom stereocenters. The first-order valence-corrected chi connectivity index (χ1v) is 7.43. The van der Waals surface area contributed by atoms with Crippen molar-refractivity contribution in [2.24, 2.45) is 0 Å². The smallest absolute Gasteiger partial charge is 0.253 e. The van der Waals surface area contributed by atoms with Crippen molar-refractivity contribution in [3.05, 3.63) is 64.4 Å². The van der Waals surface area contributed by atoms with Crippen LogP contribution in [0.4, 0.5) is 10.1 Å². The summed E-state index contributed by atoms with van der Waals surface area (Å²) in [5.41, 5.74) is 1.73. The van der Waals surface area contributed by atoms with Crippen molar-refractivity contribution in [1.29, 1.82) is 0 Å². The van der Waals surface area contributed by atoms with Crippen LogP contribution < -0.4 is 5.32 Å². The highest BCUT2D eigenvalue weighted by molar-refractivity contribution is 6.31. The van der Waals surface area contributed by atoms with Gasteiger partial charge in [-0.3, -0.25) is 4.79 Å². The van der Waals surface area contributed by atoms with Gasteiger partial charge in [0, 0.05) is 17.1 Å². The van der Waals surface area contributed by atoms with Gasteiger partial charge in [-0.25, -0.2) is 4.39 Å². The molecule has 1 amide bonds. The molecule has 122 valence electrons. The van der Waals surface area contributed by atoms with Gasteiger partial charge < -0.3 is 15.5 Å². The fourth-order valence-electron chi connectivity index (χ4n) is 2.08. The largest absolute Gasteiger partial charge is 0.388 e. The summed E-state index contributed by atoms with van der Waals surface area (Å²) in [5, 5.41) is 23.0. The number of aliphatic hydroxyl groups excluding tert-OH is 2. The lowest BCUT2D eigenvalue weighted by Crippen LogP contribution is -2.29. The van der Waals surface area contributed by atoms with Gasteiger partial charge in [0.15, 0.2) is 0 Å². The Morgan fingerprint density at radius 2 is 1.87 bits per heavy atom. The maximum absolute atomic E-state index is 12.8. The molecule has 0 spiro atoms. The van der Waals surface area contributed by atoms with Crippen LogP contribution >= 0.6 is 11.6 Å². The second kappa shape index (κ2) is 7.55. The van der Waals surface area contributed by atoms with Gasteiger partial charge in [-0.2, -0.15) is 0 Å². The van der Waals surface area contributed by atoms with Crippen LogP contribution in [0.3, 0.4) is 0 Å². The van der Waals surface area contributed by atoms with Crippen molar-refractivity contribution in [3.8, 4) is 0 Å². The second-order valence-electron chi connectivity index (χ2n) is 5.27. The third-order valence-corrected chi connectivity index (χ3v) is 3.70. The lowest BCUT2D eigenvalue weighted by Gasteiger charge is -2.17. The molecule has 0 aliphatic heterocycles. The van der Waals surface area contributed by atoms with Gasteiger partial charge >= 0.3 is 0 Å². The number of anilines is 1. The van der Waals surface area contributed by atoms with E-state index in [1.807, 2.05) is 0 Å². The quantitative estimate of drug-likeness (QED) is 0.784. The van der Waals surface area contributed by atoms with Crippen LogP contribution in [0.5, 0.6) is 0 Å². The molecular formula is C17H17ClFNO3. The number of benzene rings is 2. The van der Waals surface area contributed by atoms with Crippen LogP contribution in [-0.4, -0.2) is 22.2 Å². The zero-order valence-corrected chi connectivity index (χ0v) is 13.2. The molecule has 0 saturated heterocycles. The van der Waals surface area contributed by atoms with E-state index in [1.165, 1.54) is 24.3 Å². The third kappa shape index (κ3) is 4.76. The van der Waals surface area contributed by atoms with E-state index in [9.17, 15) is 19.4 Å². The zero-order chi connectivity index (χ0) is 17.0. The number of nitrogens with one attached hydrogen (secondary N) is 1. The van der Waals surface area contributed by atoms with E-state index in [0.29, 0.717) is 16.3 Å². The van der Waals surface area contributed by atoms with Gasteiger partial charge in [0.25, 0.3) is 5.91 Å². The maximum atomic E-state index is 12.8. The first kappa shape index (κ1) is 17.4. The molecule has 0 heterocycles. The Labute approximate surface area is 138 Å². The molecule has 0 bridgehead atoms. The minimum absolute atomic E-state index is 0.197. The number of hydrogen-bond donors (Lipinski definition) is 3. The number of aliphatic hydroxyl groups is 2. The van der Waals surface area contributed by atoms with Crippen molar-refractivity contribution >= 4 is 23.2 Å². The first-order valence-electron chi connectivity index (χ1n) is 7.05. The molecule has 2 aromatic carbocycles. The Bertz CT molecular complexity index is 691. The van der Waals surface area contributed by atoms with Crippen LogP contribution in [0.25, 0.3) is 0 Å². The van der Waals surface area contributed by atoms with Gasteiger partial charge in [0.2, 0.25) is 0 Å². The first-order chi connectivity index (χ1) is 10.9. The van der Waals surface area contributed by atoms with Gasteiger partial charge in [-0.15, -0.1) is 0 Å². The average molecular weight is 338 g/mol. The molecular weight excluding hydrogens is 321 g/mol. The Kier molecular flexibility index (Phi) is 5.71. The van der Waals surface area contributed by atoms with E-state index in [0.717, 1.165) is 5.56 Å². The van der Waals surface area contributed by atoms with E-state index in [1.54, 1.807) is 25.1 Å². The van der Waals surface area contributed by atoms with Crippen molar-refractivity contribution < 1.29 is 19.4 Å². The van der Waals surface area contributed by atoms with Crippen molar-refractivity contribution in [3.63, 3.8) is 0 Å². The number of carbonyl (C=O) groups is 1. The molecule has 2 aromatic rings. The summed E-state index contributed by atoms with van der Waals surface area (Å²) in [6, 6.07) is 10.3. The SMILES string of the molecule is Cc1ccc(Cl)cc1NC(=O)[C@@H](O)C[C@H](O)c1ccc(F)cc1. The zero-order valence-electron chi connectivity index (χ0n) is 12.5. The standard InChI is InChI=1S/C17H17ClFNO3/c1-10-2-5-12(18)8-14(10)20-17(23)16(22)9-15(21)11-3-6-13(19)7-4-11/h2-8,15-16,21-22H,9H2,1H3,(H,20,23)/t15-,16-/m0/s1. The maximum Gasteiger partial charge on any atom is 0.253 e. The number of amides is 1. The Balaban J connectivity index is 1.99. The topological polar surface area (TPSA) is 69.6 Å². The van der Waals surface area contributed by atoms with Gasteiger partial charge in [-0.05, 0) is 42.3 Å². The van der Waals surface area contributed by atoms with E-state index in [-0.39, 0.29) is 6.42 Å². The van der Waals surface area contributed by atoms with Crippen LogP contribution in [0.1, 0.15) is 23.7 Å². The Hall–Kier alpha value is -1.95. The summed E-state index contributed by atoms with van der Waals surface area (Å²) in [5.74, 6) is -1.06. The van der Waals surface area contributed by atoms with E-state index < -0.39 is 23.9 Å². The van der Waals surface area contributed by atoms with E-state index >= 15 is 0 Å². The number of halogens is 2. The Morgan fingerprint density at radius 3 is 2.52 bits per heavy atom. The van der Waals surface area contributed by atoms with Crippen LogP contribution in [-0.2, 0) is 4.79 Å². The molecule has 0 aromatic heterocycles. The minimum Gasteiger partial charge on any atom is -0.388 e. The third-order valence-electron chi connectivity index (χ3n) is 3.46. The van der Waals surface area contributed by atoms with Crippen molar-refractivity contribution in [2.45, 2.75) is 25.6 Å². The summed E-state index contributed by atoms with van der Waals surface area (Å²) in [6.07, 6.45) is -2.68. The molecule has 0 radical (unpaired) electrons. The van der Waals surface area contributed by atoms with Crippen LogP contribution in [0.15, 0.2) is 42.5 Å². The number of aryl methyl sites for hydroxylation is 1. The van der Waals surface area contributed by atoms with Crippen LogP contribution in [0, 0.1) is 12.7 Å². The normalized spacial score (nSPS) is 13.4. The highest BCUT2D eigenvalue weighted by Crippen LogP contribution is 2.22. The van der Waals surface area contributed by atoms with Crippen LogP contribution in [0.2, 0.25) is 5.02 Å². The number of hydrogen-bond acceptors (Lipinski definition) is 3. The van der Waals surface area contributed by atoms with Crippen molar-refractivity contribution in [2.75, 3.05) is 5.32 Å². The van der Waals surface area contributed by atoms with Gasteiger partial charge in [0.1, 0.15) is 11.9 Å². The molecule has 23 heavy (non-hydrogen) atoms. The summed E-state index contributed by atoms with van der Waals surface area (Å²) in [6.45, 7) is 1.80. The molecule has 0 aliphatic carbocycles. The molecule has 6 heteroatoms. The van der Waals surface area contributed by atoms with Gasteiger partial charge in [-0.1, -0.05) is 29.8 Å². The number of rotatable bonds is 5. The highest BCUT2D eigenvalue weighted by Gasteiger charge is 2.21. The fraction of sp³-hybridized carbons (Fsp3) is 0.235.